The number of sulfone groups is 1. The SMILES string of the molecule is CS(=O)(=O)c1nc(N[C@H]2CO[C@H](CO)[C@H](O)[C@@H]2O)cc(C(F)(F)F)n1. The predicted octanol–water partition coefficient (Wildman–Crippen LogP) is -1.21. The number of halogens is 3. The van der Waals surface area contributed by atoms with Crippen LogP contribution in [0.25, 0.3) is 0 Å². The summed E-state index contributed by atoms with van der Waals surface area (Å²) in [7, 11) is -4.12. The van der Waals surface area contributed by atoms with Gasteiger partial charge in [-0.25, -0.2) is 18.4 Å². The maximum absolute atomic E-state index is 12.9. The second-order valence-corrected chi connectivity index (χ2v) is 7.39. The highest BCUT2D eigenvalue weighted by Crippen LogP contribution is 2.30. The Hall–Kier alpha value is -1.54. The van der Waals surface area contributed by atoms with Gasteiger partial charge in [0, 0.05) is 12.3 Å². The van der Waals surface area contributed by atoms with Crippen molar-refractivity contribution in [3.05, 3.63) is 11.8 Å². The number of nitrogens with zero attached hydrogens (tertiary/aromatic N) is 2. The number of aromatic nitrogens is 2. The van der Waals surface area contributed by atoms with Crippen LogP contribution in [0.15, 0.2) is 11.2 Å². The molecule has 2 heterocycles. The fourth-order valence-electron chi connectivity index (χ4n) is 2.17. The molecule has 1 aromatic rings. The van der Waals surface area contributed by atoms with Crippen LogP contribution >= 0.6 is 0 Å². The number of hydrogen-bond acceptors (Lipinski definition) is 9. The lowest BCUT2D eigenvalue weighted by Crippen LogP contribution is -2.56. The molecule has 0 spiro atoms. The van der Waals surface area contributed by atoms with E-state index in [0.717, 1.165) is 0 Å². The van der Waals surface area contributed by atoms with Gasteiger partial charge in [0.2, 0.25) is 15.0 Å². The first-order valence-electron chi connectivity index (χ1n) is 6.95. The minimum atomic E-state index is -4.91. The maximum Gasteiger partial charge on any atom is 0.433 e. The normalized spacial score (nSPS) is 28.0. The number of hydrogen-bond donors (Lipinski definition) is 4. The van der Waals surface area contributed by atoms with Crippen molar-refractivity contribution in [2.75, 3.05) is 24.8 Å². The van der Waals surface area contributed by atoms with Gasteiger partial charge in [0.15, 0.2) is 5.69 Å². The maximum atomic E-state index is 12.9. The Bertz CT molecular complexity index is 729. The number of rotatable bonds is 4. The lowest BCUT2D eigenvalue weighted by atomic mass is 9.98. The predicted molar refractivity (Wildman–Crippen MR) is 76.4 cm³/mol. The standard InChI is InChI=1S/C12H16F3N3O6S/c1-25(22,23)11-17-7(12(13,14)15)2-8(18-11)16-5-4-24-6(3-19)10(21)9(5)20/h2,5-6,9-10,19-21H,3-4H2,1H3,(H,16,17,18)/t5-,6+,9+,10-/m0/s1. The topological polar surface area (TPSA) is 142 Å². The first kappa shape index (κ1) is 19.8. The molecule has 1 aliphatic heterocycles. The van der Waals surface area contributed by atoms with E-state index < -0.39 is 63.6 Å². The van der Waals surface area contributed by atoms with E-state index >= 15 is 0 Å². The summed E-state index contributed by atoms with van der Waals surface area (Å²) in [6.45, 7) is -0.822. The van der Waals surface area contributed by atoms with Gasteiger partial charge in [-0.05, 0) is 0 Å². The summed E-state index contributed by atoms with van der Waals surface area (Å²) >= 11 is 0. The van der Waals surface area contributed by atoms with E-state index in [4.69, 9.17) is 9.84 Å². The monoisotopic (exact) mass is 387 g/mol. The van der Waals surface area contributed by atoms with Gasteiger partial charge in [-0.2, -0.15) is 13.2 Å². The third-order valence-electron chi connectivity index (χ3n) is 3.47. The Balaban J connectivity index is 2.33. The Labute approximate surface area is 140 Å². The number of ether oxygens (including phenoxy) is 1. The molecule has 13 heteroatoms. The Kier molecular flexibility index (Phi) is 5.53. The van der Waals surface area contributed by atoms with Crippen molar-refractivity contribution in [3.8, 4) is 0 Å². The number of aliphatic hydroxyl groups excluding tert-OH is 3. The van der Waals surface area contributed by atoms with Gasteiger partial charge in [-0.3, -0.25) is 0 Å². The molecular formula is C12H16F3N3O6S. The molecular weight excluding hydrogens is 371 g/mol. The van der Waals surface area contributed by atoms with E-state index in [1.807, 2.05) is 0 Å². The largest absolute Gasteiger partial charge is 0.433 e. The molecule has 1 saturated heterocycles. The fourth-order valence-corrected chi connectivity index (χ4v) is 2.70. The molecule has 2 rings (SSSR count). The molecule has 1 aromatic heterocycles. The van der Waals surface area contributed by atoms with Gasteiger partial charge in [0.25, 0.3) is 0 Å². The van der Waals surface area contributed by atoms with E-state index in [1.54, 1.807) is 0 Å². The van der Waals surface area contributed by atoms with E-state index in [0.29, 0.717) is 12.3 Å². The van der Waals surface area contributed by atoms with Crippen molar-refractivity contribution in [1.82, 2.24) is 9.97 Å². The molecule has 9 nitrogen and oxygen atoms in total. The number of alkyl halides is 3. The quantitative estimate of drug-likeness (QED) is 0.468. The van der Waals surface area contributed by atoms with Crippen molar-refractivity contribution in [2.45, 2.75) is 35.7 Å². The molecule has 0 saturated carbocycles. The molecule has 0 unspecified atom stereocenters. The highest BCUT2D eigenvalue weighted by Gasteiger charge is 2.39. The summed E-state index contributed by atoms with van der Waals surface area (Å²) in [6, 6.07) is -0.604. The zero-order valence-electron chi connectivity index (χ0n) is 12.8. The van der Waals surface area contributed by atoms with Gasteiger partial charge in [-0.15, -0.1) is 0 Å². The molecule has 4 atom stereocenters. The zero-order valence-corrected chi connectivity index (χ0v) is 13.6. The molecule has 142 valence electrons. The third-order valence-corrected chi connectivity index (χ3v) is 4.32. The Morgan fingerprint density at radius 2 is 1.96 bits per heavy atom. The second kappa shape index (κ2) is 6.99. The molecule has 1 fully saturated rings. The molecule has 25 heavy (non-hydrogen) atoms. The lowest BCUT2D eigenvalue weighted by molar-refractivity contribution is -0.152. The first-order chi connectivity index (χ1) is 11.4. The van der Waals surface area contributed by atoms with Crippen molar-refractivity contribution in [3.63, 3.8) is 0 Å². The highest BCUT2D eigenvalue weighted by atomic mass is 32.2. The minimum absolute atomic E-state index is 0.261. The van der Waals surface area contributed by atoms with Crippen molar-refractivity contribution < 1.29 is 41.6 Å². The minimum Gasteiger partial charge on any atom is -0.394 e. The molecule has 0 aliphatic carbocycles. The summed E-state index contributed by atoms with van der Waals surface area (Å²) in [6.07, 6.45) is -8.29. The van der Waals surface area contributed by atoms with Crippen LogP contribution in [-0.4, -0.2) is 77.5 Å². The third kappa shape index (κ3) is 4.55. The van der Waals surface area contributed by atoms with Crippen LogP contribution in [0.3, 0.4) is 0 Å². The van der Waals surface area contributed by atoms with Gasteiger partial charge in [0.1, 0.15) is 24.1 Å². The van der Waals surface area contributed by atoms with Crippen LogP contribution in [0.5, 0.6) is 0 Å². The van der Waals surface area contributed by atoms with Crippen molar-refractivity contribution in [1.29, 1.82) is 0 Å². The first-order valence-corrected chi connectivity index (χ1v) is 8.84. The lowest BCUT2D eigenvalue weighted by Gasteiger charge is -2.37. The summed E-state index contributed by atoms with van der Waals surface area (Å²) in [5.41, 5.74) is -1.48. The van der Waals surface area contributed by atoms with E-state index in [-0.39, 0.29) is 6.61 Å². The van der Waals surface area contributed by atoms with Crippen LogP contribution in [0.1, 0.15) is 5.69 Å². The molecule has 0 aromatic carbocycles. The van der Waals surface area contributed by atoms with E-state index in [2.05, 4.69) is 15.3 Å². The summed E-state index contributed by atoms with van der Waals surface area (Å²) in [4.78, 5) is 6.49. The number of anilines is 1. The van der Waals surface area contributed by atoms with E-state index in [9.17, 15) is 31.8 Å². The second-order valence-electron chi connectivity index (χ2n) is 5.48. The van der Waals surface area contributed by atoms with Crippen LogP contribution in [0, 0.1) is 0 Å². The van der Waals surface area contributed by atoms with Gasteiger partial charge >= 0.3 is 6.18 Å². The molecule has 4 N–H and O–H groups in total. The smallest absolute Gasteiger partial charge is 0.394 e. The number of aliphatic hydroxyl groups is 3. The fraction of sp³-hybridized carbons (Fsp3) is 0.667. The summed E-state index contributed by atoms with van der Waals surface area (Å²) in [5, 5.41) is 30.1. The molecule has 1 aliphatic rings. The van der Waals surface area contributed by atoms with Crippen LogP contribution in [0.2, 0.25) is 0 Å². The molecule has 0 bridgehead atoms. The van der Waals surface area contributed by atoms with Gasteiger partial charge in [0.05, 0.1) is 19.3 Å². The summed E-state index contributed by atoms with van der Waals surface area (Å²) in [5.74, 6) is -0.509. The summed E-state index contributed by atoms with van der Waals surface area (Å²) < 4.78 is 66.8. The van der Waals surface area contributed by atoms with Crippen LogP contribution < -0.4 is 5.32 Å². The van der Waals surface area contributed by atoms with Crippen molar-refractivity contribution >= 4 is 15.7 Å². The average Bonchev–Trinajstić information content (AvgIpc) is 2.50. The van der Waals surface area contributed by atoms with Gasteiger partial charge in [-0.1, -0.05) is 0 Å². The Morgan fingerprint density at radius 3 is 2.48 bits per heavy atom. The zero-order chi connectivity index (χ0) is 19.0. The Morgan fingerprint density at radius 1 is 1.32 bits per heavy atom. The van der Waals surface area contributed by atoms with E-state index in [1.165, 1.54) is 0 Å². The number of nitrogens with one attached hydrogen (secondary N) is 1. The van der Waals surface area contributed by atoms with Crippen molar-refractivity contribution in [2.24, 2.45) is 0 Å². The molecule has 0 amide bonds. The van der Waals surface area contributed by atoms with Gasteiger partial charge < -0.3 is 25.4 Å². The average molecular weight is 387 g/mol. The molecule has 0 radical (unpaired) electrons. The highest BCUT2D eigenvalue weighted by molar-refractivity contribution is 7.90. The van der Waals surface area contributed by atoms with Crippen LogP contribution in [-0.2, 0) is 20.8 Å². The van der Waals surface area contributed by atoms with Crippen LogP contribution in [0.4, 0.5) is 19.0 Å².